The van der Waals surface area contributed by atoms with E-state index < -0.39 is 0 Å². The Morgan fingerprint density at radius 1 is 1.56 bits per heavy atom. The van der Waals surface area contributed by atoms with Gasteiger partial charge in [-0.2, -0.15) is 5.10 Å². The molecule has 0 saturated heterocycles. The van der Waals surface area contributed by atoms with Gasteiger partial charge in [-0.05, 0) is 0 Å². The van der Waals surface area contributed by atoms with Gasteiger partial charge in [0.25, 0.3) is 0 Å². The minimum absolute atomic E-state index is 0.0444. The summed E-state index contributed by atoms with van der Waals surface area (Å²) in [6.07, 6.45) is 3.38. The highest BCUT2D eigenvalue weighted by Gasteiger charge is 2.17. The van der Waals surface area contributed by atoms with Gasteiger partial charge in [-0.3, -0.25) is 9.48 Å². The van der Waals surface area contributed by atoms with Crippen LogP contribution in [-0.4, -0.2) is 38.9 Å². The third-order valence-electron chi connectivity index (χ3n) is 2.23. The lowest BCUT2D eigenvalue weighted by Crippen LogP contribution is -2.36. The fraction of sp³-hybridized carbons (Fsp3) is 0.700. The summed E-state index contributed by atoms with van der Waals surface area (Å²) in [5.74, 6) is -0.0444. The molecular formula is C10H18N4O2. The zero-order valence-corrected chi connectivity index (χ0v) is 9.68. The average molecular weight is 226 g/mol. The molecule has 0 saturated carbocycles. The Kier molecular flexibility index (Phi) is 4.42. The normalized spacial score (nSPS) is 11.4. The van der Waals surface area contributed by atoms with Crippen molar-refractivity contribution in [2.75, 3.05) is 13.2 Å². The summed E-state index contributed by atoms with van der Waals surface area (Å²) in [5, 5.41) is 15.7. The van der Waals surface area contributed by atoms with Crippen LogP contribution in [0.5, 0.6) is 0 Å². The van der Waals surface area contributed by atoms with Crippen LogP contribution in [0.2, 0.25) is 0 Å². The van der Waals surface area contributed by atoms with E-state index in [-0.39, 0.29) is 17.9 Å². The Bertz CT molecular complexity index is 322. The molecule has 1 heterocycles. The van der Waals surface area contributed by atoms with E-state index >= 15 is 0 Å². The van der Waals surface area contributed by atoms with Crippen molar-refractivity contribution in [3.63, 3.8) is 0 Å². The number of aliphatic hydroxyl groups is 1. The van der Waals surface area contributed by atoms with Crippen molar-refractivity contribution >= 4 is 5.91 Å². The molecule has 2 N–H and O–H groups in total. The van der Waals surface area contributed by atoms with Crippen molar-refractivity contribution < 1.29 is 9.90 Å². The van der Waals surface area contributed by atoms with E-state index in [1.807, 2.05) is 13.8 Å². The highest BCUT2D eigenvalue weighted by atomic mass is 16.3. The van der Waals surface area contributed by atoms with Crippen molar-refractivity contribution in [1.29, 1.82) is 0 Å². The molecule has 0 radical (unpaired) electrons. The summed E-state index contributed by atoms with van der Waals surface area (Å²) in [7, 11) is 0. The SMILES string of the molecule is CC(C)(CO)CNC(=O)CCn1cncn1. The van der Waals surface area contributed by atoms with Crippen LogP contribution in [-0.2, 0) is 11.3 Å². The molecule has 16 heavy (non-hydrogen) atoms. The molecule has 6 heteroatoms. The zero-order valence-electron chi connectivity index (χ0n) is 9.68. The monoisotopic (exact) mass is 226 g/mol. The number of nitrogens with zero attached hydrogens (tertiary/aromatic N) is 3. The van der Waals surface area contributed by atoms with Crippen LogP contribution < -0.4 is 5.32 Å². The number of aryl methyl sites for hydroxylation is 1. The summed E-state index contributed by atoms with van der Waals surface area (Å²) in [6, 6.07) is 0. The summed E-state index contributed by atoms with van der Waals surface area (Å²) in [4.78, 5) is 15.2. The van der Waals surface area contributed by atoms with E-state index in [9.17, 15) is 4.79 Å². The number of hydrogen-bond acceptors (Lipinski definition) is 4. The number of aromatic nitrogens is 3. The predicted octanol–water partition coefficient (Wildman–Crippen LogP) is -0.197. The lowest BCUT2D eigenvalue weighted by molar-refractivity contribution is -0.121. The molecule has 0 spiro atoms. The number of rotatable bonds is 6. The summed E-state index contributed by atoms with van der Waals surface area (Å²) >= 11 is 0. The van der Waals surface area contributed by atoms with Gasteiger partial charge in [-0.25, -0.2) is 4.98 Å². The number of aliphatic hydroxyl groups excluding tert-OH is 1. The molecule has 6 nitrogen and oxygen atoms in total. The molecule has 0 fully saturated rings. The standard InChI is InChI=1S/C10H18N4O2/c1-10(2,6-15)5-12-9(16)3-4-14-8-11-7-13-14/h7-8,15H,3-6H2,1-2H3,(H,12,16). The quantitative estimate of drug-likeness (QED) is 0.704. The van der Waals surface area contributed by atoms with Crippen molar-refractivity contribution in [3.05, 3.63) is 12.7 Å². The van der Waals surface area contributed by atoms with Crippen LogP contribution in [0.25, 0.3) is 0 Å². The molecular weight excluding hydrogens is 208 g/mol. The smallest absolute Gasteiger partial charge is 0.221 e. The topological polar surface area (TPSA) is 80.0 Å². The second-order valence-corrected chi connectivity index (χ2v) is 4.51. The maximum Gasteiger partial charge on any atom is 0.221 e. The molecule has 0 bridgehead atoms. The maximum absolute atomic E-state index is 11.4. The fourth-order valence-corrected chi connectivity index (χ4v) is 1.05. The number of nitrogens with one attached hydrogen (secondary N) is 1. The molecule has 0 aliphatic carbocycles. The number of hydrogen-bond donors (Lipinski definition) is 2. The first-order chi connectivity index (χ1) is 7.53. The zero-order chi connectivity index (χ0) is 12.0. The van der Waals surface area contributed by atoms with Gasteiger partial charge in [0, 0.05) is 25.0 Å². The van der Waals surface area contributed by atoms with Crippen LogP contribution in [0.4, 0.5) is 0 Å². The van der Waals surface area contributed by atoms with Gasteiger partial charge < -0.3 is 10.4 Å². The van der Waals surface area contributed by atoms with Crippen LogP contribution in [0.1, 0.15) is 20.3 Å². The van der Waals surface area contributed by atoms with Crippen molar-refractivity contribution in [2.45, 2.75) is 26.8 Å². The summed E-state index contributed by atoms with van der Waals surface area (Å²) in [6.45, 7) is 4.83. The molecule has 0 aliphatic rings. The van der Waals surface area contributed by atoms with E-state index in [0.29, 0.717) is 19.5 Å². The molecule has 0 aliphatic heterocycles. The third-order valence-corrected chi connectivity index (χ3v) is 2.23. The molecule has 90 valence electrons. The first-order valence-electron chi connectivity index (χ1n) is 5.23. The van der Waals surface area contributed by atoms with Crippen LogP contribution in [0.15, 0.2) is 12.7 Å². The van der Waals surface area contributed by atoms with Gasteiger partial charge in [-0.15, -0.1) is 0 Å². The van der Waals surface area contributed by atoms with E-state index in [1.165, 1.54) is 6.33 Å². The van der Waals surface area contributed by atoms with Gasteiger partial charge in [0.2, 0.25) is 5.91 Å². The van der Waals surface area contributed by atoms with E-state index in [2.05, 4.69) is 15.4 Å². The van der Waals surface area contributed by atoms with Gasteiger partial charge in [-0.1, -0.05) is 13.8 Å². The largest absolute Gasteiger partial charge is 0.396 e. The minimum atomic E-state index is -0.275. The fourth-order valence-electron chi connectivity index (χ4n) is 1.05. The molecule has 1 amide bonds. The molecule has 1 rings (SSSR count). The average Bonchev–Trinajstić information content (AvgIpc) is 2.76. The van der Waals surface area contributed by atoms with Crippen LogP contribution in [0, 0.1) is 5.41 Å². The van der Waals surface area contributed by atoms with Gasteiger partial charge in [0.15, 0.2) is 0 Å². The molecule has 1 aromatic heterocycles. The van der Waals surface area contributed by atoms with Crippen LogP contribution in [0.3, 0.4) is 0 Å². The molecule has 0 atom stereocenters. The first kappa shape index (κ1) is 12.6. The van der Waals surface area contributed by atoms with Gasteiger partial charge in [0.05, 0.1) is 6.54 Å². The lowest BCUT2D eigenvalue weighted by Gasteiger charge is -2.21. The van der Waals surface area contributed by atoms with E-state index in [0.717, 1.165) is 0 Å². The third kappa shape index (κ3) is 4.39. The van der Waals surface area contributed by atoms with Gasteiger partial charge in [0.1, 0.15) is 12.7 Å². The van der Waals surface area contributed by atoms with E-state index in [4.69, 9.17) is 5.11 Å². The first-order valence-corrected chi connectivity index (χ1v) is 5.23. The van der Waals surface area contributed by atoms with E-state index in [1.54, 1.807) is 11.0 Å². The number of carbonyl (C=O) groups excluding carboxylic acids is 1. The van der Waals surface area contributed by atoms with Crippen molar-refractivity contribution in [1.82, 2.24) is 20.1 Å². The number of amides is 1. The Morgan fingerprint density at radius 3 is 2.88 bits per heavy atom. The van der Waals surface area contributed by atoms with Gasteiger partial charge >= 0.3 is 0 Å². The highest BCUT2D eigenvalue weighted by Crippen LogP contribution is 2.11. The second kappa shape index (κ2) is 5.60. The Labute approximate surface area is 94.7 Å². The van der Waals surface area contributed by atoms with Crippen molar-refractivity contribution in [2.24, 2.45) is 5.41 Å². The Hall–Kier alpha value is -1.43. The maximum atomic E-state index is 11.4. The Balaban J connectivity index is 2.21. The lowest BCUT2D eigenvalue weighted by atomic mass is 9.95. The molecule has 0 aromatic carbocycles. The predicted molar refractivity (Wildman–Crippen MR) is 58.5 cm³/mol. The second-order valence-electron chi connectivity index (χ2n) is 4.51. The molecule has 0 unspecified atom stereocenters. The summed E-state index contributed by atoms with van der Waals surface area (Å²) in [5.41, 5.74) is -0.275. The molecule has 1 aromatic rings. The Morgan fingerprint density at radius 2 is 2.31 bits per heavy atom. The minimum Gasteiger partial charge on any atom is -0.396 e. The highest BCUT2D eigenvalue weighted by molar-refractivity contribution is 5.75. The van der Waals surface area contributed by atoms with Crippen LogP contribution >= 0.6 is 0 Å². The number of carbonyl (C=O) groups is 1. The van der Waals surface area contributed by atoms with Crippen molar-refractivity contribution in [3.8, 4) is 0 Å². The summed E-state index contributed by atoms with van der Waals surface area (Å²) < 4.78 is 1.61.